The number of nitrogens with zero attached hydrogens (tertiary/aromatic N) is 3. The summed E-state index contributed by atoms with van der Waals surface area (Å²) in [5, 5.41) is 43.3. The number of rotatable bonds is 6. The van der Waals surface area contributed by atoms with E-state index in [1.165, 1.54) is 0 Å². The van der Waals surface area contributed by atoms with Crippen LogP contribution in [0.5, 0.6) is 0 Å². The van der Waals surface area contributed by atoms with E-state index in [1.54, 1.807) is 177 Å². The molecule has 0 unspecified atom stereocenters. The van der Waals surface area contributed by atoms with Gasteiger partial charge in [0.2, 0.25) is 0 Å². The summed E-state index contributed by atoms with van der Waals surface area (Å²) in [6.07, 6.45) is 15.2. The second-order valence-corrected chi connectivity index (χ2v) is 9.74. The number of carbonyl (C=O) groups excluding carboxylic acids is 2. The third-order valence-electron chi connectivity index (χ3n) is 6.57. The molecule has 0 aliphatic carbocycles. The van der Waals surface area contributed by atoms with Gasteiger partial charge in [-0.05, 0) is 22.3 Å². The van der Waals surface area contributed by atoms with Crippen LogP contribution in [0.4, 0.5) is 0 Å². The summed E-state index contributed by atoms with van der Waals surface area (Å²) >= 11 is 0. The van der Waals surface area contributed by atoms with E-state index in [1.807, 2.05) is 0 Å². The van der Waals surface area contributed by atoms with Crippen LogP contribution in [0.25, 0.3) is 0 Å². The molecule has 50 heavy (non-hydrogen) atoms. The molecule has 0 radical (unpaired) electrons. The molecule has 0 bridgehead atoms. The maximum Gasteiger partial charge on any atom is 2.00 e. The minimum absolute atomic E-state index is 0. The molecule has 12 nitrogen and oxygen atoms in total. The molecule has 7 aromatic rings. The van der Waals surface area contributed by atoms with Gasteiger partial charge in [-0.2, -0.15) is 0 Å². The quantitative estimate of drug-likeness (QED) is 0.160. The third-order valence-corrected chi connectivity index (χ3v) is 6.57. The van der Waals surface area contributed by atoms with Crippen LogP contribution in [0.2, 0.25) is 0 Å². The molecule has 3 aromatic heterocycles. The summed E-state index contributed by atoms with van der Waals surface area (Å²) in [4.78, 5) is 41.8. The SMILES string of the molecule is O=C([O-])C(O)(c1ccccc1)c1ccccc1.O=C([O-])C(O)(c1ccccc1)c1ccccc1.[Ni+2].c1c[nH]cn1.c1c[nH]cn1.c1c[nH]cn1. The Labute approximate surface area is 298 Å². The number of carboxylic acids is 2. The monoisotopic (exact) mass is 716 g/mol. The van der Waals surface area contributed by atoms with Gasteiger partial charge in [-0.1, -0.05) is 121 Å². The fraction of sp³-hybridized carbons (Fsp3) is 0.0541. The number of aliphatic carboxylic acids is 2. The maximum absolute atomic E-state index is 11.3. The van der Waals surface area contributed by atoms with Crippen LogP contribution in [0.1, 0.15) is 22.3 Å². The van der Waals surface area contributed by atoms with Gasteiger partial charge in [0.25, 0.3) is 0 Å². The van der Waals surface area contributed by atoms with Crippen molar-refractivity contribution in [3.05, 3.63) is 200 Å². The Bertz CT molecular complexity index is 1540. The molecule has 0 amide bonds. The molecular weight excluding hydrogens is 683 g/mol. The number of aromatic nitrogens is 6. The second kappa shape index (κ2) is 21.7. The number of aromatic amines is 3. The van der Waals surface area contributed by atoms with E-state index < -0.39 is 23.1 Å². The first-order valence-corrected chi connectivity index (χ1v) is 14.7. The maximum atomic E-state index is 11.3. The first kappa shape index (κ1) is 40.0. The van der Waals surface area contributed by atoms with Gasteiger partial charge in [0.15, 0.2) is 11.2 Å². The number of aliphatic hydroxyl groups is 2. The zero-order chi connectivity index (χ0) is 35.2. The van der Waals surface area contributed by atoms with Gasteiger partial charge in [0.05, 0.1) is 30.9 Å². The van der Waals surface area contributed by atoms with Crippen LogP contribution in [0.3, 0.4) is 0 Å². The van der Waals surface area contributed by atoms with E-state index in [0.717, 1.165) is 0 Å². The van der Waals surface area contributed by atoms with Gasteiger partial charge in [-0.25, -0.2) is 15.0 Å². The standard InChI is InChI=1S/2C14H12O3.3C3H4N2.Ni/c2*15-13(16)14(17,11-7-3-1-4-8-11)12-9-5-2-6-10-12;3*1-2-5-3-4-1;/h2*1-10,17H,(H,15,16);3*1-3H,(H,4,5);/q;;;;;+2/p-2. The number of hydrogen-bond acceptors (Lipinski definition) is 9. The van der Waals surface area contributed by atoms with Gasteiger partial charge >= 0.3 is 16.5 Å². The number of carbonyl (C=O) groups is 2. The summed E-state index contributed by atoms with van der Waals surface area (Å²) in [5.41, 5.74) is -3.08. The van der Waals surface area contributed by atoms with Crippen molar-refractivity contribution >= 4 is 11.9 Å². The van der Waals surface area contributed by atoms with Crippen molar-refractivity contribution in [1.29, 1.82) is 0 Å². The van der Waals surface area contributed by atoms with Crippen molar-refractivity contribution in [2.75, 3.05) is 0 Å². The summed E-state index contributed by atoms with van der Waals surface area (Å²) in [7, 11) is 0. The summed E-state index contributed by atoms with van der Waals surface area (Å²) in [5.74, 6) is -3.06. The first-order valence-electron chi connectivity index (χ1n) is 14.7. The van der Waals surface area contributed by atoms with Gasteiger partial charge < -0.3 is 45.0 Å². The number of nitrogens with one attached hydrogen (secondary N) is 3. The molecule has 258 valence electrons. The zero-order valence-corrected chi connectivity index (χ0v) is 27.4. The van der Waals surface area contributed by atoms with Crippen LogP contribution in [-0.4, -0.2) is 52.1 Å². The molecule has 0 aliphatic heterocycles. The topological polar surface area (TPSA) is 207 Å². The molecule has 0 aliphatic rings. The van der Waals surface area contributed by atoms with Gasteiger partial charge in [-0.3, -0.25) is 0 Å². The van der Waals surface area contributed by atoms with Crippen LogP contribution in [-0.2, 0) is 37.3 Å². The minimum Gasteiger partial charge on any atom is -0.546 e. The van der Waals surface area contributed by atoms with E-state index in [0.29, 0.717) is 0 Å². The van der Waals surface area contributed by atoms with Gasteiger partial charge in [0, 0.05) is 37.2 Å². The van der Waals surface area contributed by atoms with E-state index >= 15 is 0 Å². The van der Waals surface area contributed by atoms with Crippen molar-refractivity contribution in [1.82, 2.24) is 29.9 Å². The van der Waals surface area contributed by atoms with E-state index in [-0.39, 0.29) is 38.7 Å². The van der Waals surface area contributed by atoms with Gasteiger partial charge in [-0.15, -0.1) is 0 Å². The van der Waals surface area contributed by atoms with Crippen molar-refractivity contribution < 1.29 is 46.5 Å². The molecule has 0 saturated carbocycles. The number of carboxylic acid groups (broad SMARTS) is 2. The van der Waals surface area contributed by atoms with Crippen molar-refractivity contribution in [2.24, 2.45) is 0 Å². The van der Waals surface area contributed by atoms with Crippen LogP contribution >= 0.6 is 0 Å². The van der Waals surface area contributed by atoms with Gasteiger partial charge in [0.1, 0.15) is 0 Å². The van der Waals surface area contributed by atoms with E-state index in [4.69, 9.17) is 0 Å². The average molecular weight is 717 g/mol. The number of H-pyrrole nitrogens is 3. The first-order chi connectivity index (χ1) is 23.8. The molecule has 0 atom stereocenters. The molecular formula is C37H34N6NiO6. The van der Waals surface area contributed by atoms with Crippen molar-refractivity contribution in [3.63, 3.8) is 0 Å². The summed E-state index contributed by atoms with van der Waals surface area (Å²) in [6, 6.07) is 32.9. The second-order valence-electron chi connectivity index (χ2n) is 9.74. The molecule has 0 fully saturated rings. The Kier molecular flexibility index (Phi) is 17.4. The average Bonchev–Trinajstić information content (AvgIpc) is 4.00. The number of imidazole rings is 3. The number of hydrogen-bond donors (Lipinski definition) is 5. The fourth-order valence-electron chi connectivity index (χ4n) is 4.17. The number of benzene rings is 4. The van der Waals surface area contributed by atoms with E-state index in [9.17, 15) is 30.0 Å². The molecule has 0 spiro atoms. The predicted molar refractivity (Wildman–Crippen MR) is 178 cm³/mol. The smallest absolute Gasteiger partial charge is 0.546 e. The minimum atomic E-state index is -2.11. The Hall–Kier alpha value is -6.14. The molecule has 13 heteroatoms. The molecule has 3 heterocycles. The Morgan fingerprint density at radius 1 is 0.460 bits per heavy atom. The zero-order valence-electron chi connectivity index (χ0n) is 26.4. The van der Waals surface area contributed by atoms with Crippen LogP contribution < -0.4 is 10.2 Å². The fourth-order valence-corrected chi connectivity index (χ4v) is 4.17. The predicted octanol–water partition coefficient (Wildman–Crippen LogP) is 2.57. The summed E-state index contributed by atoms with van der Waals surface area (Å²) in [6.45, 7) is 0. The van der Waals surface area contributed by atoms with Crippen molar-refractivity contribution in [2.45, 2.75) is 11.2 Å². The van der Waals surface area contributed by atoms with Crippen LogP contribution in [0, 0.1) is 0 Å². The van der Waals surface area contributed by atoms with E-state index in [2.05, 4.69) is 29.9 Å². The normalized spacial score (nSPS) is 9.96. The van der Waals surface area contributed by atoms with Crippen LogP contribution in [0.15, 0.2) is 177 Å². The molecule has 0 saturated heterocycles. The Morgan fingerprint density at radius 2 is 0.680 bits per heavy atom. The molecule has 5 N–H and O–H groups in total. The summed E-state index contributed by atoms with van der Waals surface area (Å²) < 4.78 is 0. The van der Waals surface area contributed by atoms with Crippen molar-refractivity contribution in [3.8, 4) is 0 Å². The Morgan fingerprint density at radius 3 is 0.800 bits per heavy atom. The Balaban J connectivity index is 0.000000242. The molecule has 4 aromatic carbocycles. The third kappa shape index (κ3) is 11.8. The molecule has 7 rings (SSSR count). The largest absolute Gasteiger partial charge is 2.00 e.